The lowest BCUT2D eigenvalue weighted by Gasteiger charge is -2.33. The Balaban J connectivity index is 1.38. The van der Waals surface area contributed by atoms with Crippen molar-refractivity contribution in [1.82, 2.24) is 15.3 Å². The minimum absolute atomic E-state index is 0.0126. The van der Waals surface area contributed by atoms with Crippen LogP contribution in [0.5, 0.6) is 17.4 Å². The van der Waals surface area contributed by atoms with E-state index >= 15 is 0 Å². The third-order valence-electron chi connectivity index (χ3n) is 9.19. The normalized spacial score (nSPS) is 20.6. The third-order valence-corrected chi connectivity index (χ3v) is 9.56. The molecule has 0 saturated heterocycles. The number of amides is 2. The van der Waals surface area contributed by atoms with Crippen LogP contribution >= 0.6 is 11.6 Å². The summed E-state index contributed by atoms with van der Waals surface area (Å²) in [6, 6.07) is 6.23. The van der Waals surface area contributed by atoms with Gasteiger partial charge in [-0.15, -0.1) is 0 Å². The van der Waals surface area contributed by atoms with Crippen molar-refractivity contribution in [3.05, 3.63) is 57.9 Å². The zero-order valence-corrected chi connectivity index (χ0v) is 27.9. The molecule has 3 heterocycles. The van der Waals surface area contributed by atoms with Crippen LogP contribution < -0.4 is 31.0 Å². The van der Waals surface area contributed by atoms with Crippen molar-refractivity contribution in [2.75, 3.05) is 26.0 Å². The molecule has 6 rings (SSSR count). The van der Waals surface area contributed by atoms with Gasteiger partial charge in [-0.3, -0.25) is 14.6 Å². The number of aliphatic imine (C=N–C) groups is 1. The van der Waals surface area contributed by atoms with Crippen LogP contribution in [0.3, 0.4) is 0 Å². The van der Waals surface area contributed by atoms with Gasteiger partial charge in [-0.2, -0.15) is 0 Å². The maximum absolute atomic E-state index is 14.3. The maximum atomic E-state index is 14.3. The van der Waals surface area contributed by atoms with Crippen molar-refractivity contribution in [2.24, 2.45) is 16.6 Å². The summed E-state index contributed by atoms with van der Waals surface area (Å²) in [5.41, 5.74) is 11.2. The molecule has 2 amide bonds. The highest BCUT2D eigenvalue weighted by atomic mass is 35.5. The Kier molecular flexibility index (Phi) is 8.49. The molecule has 254 valence electrons. The molecule has 2 aromatic heterocycles. The zero-order valence-electron chi connectivity index (χ0n) is 27.1. The predicted octanol–water partition coefficient (Wildman–Crippen LogP) is 4.22. The van der Waals surface area contributed by atoms with E-state index in [-0.39, 0.29) is 58.5 Å². The molecule has 2 saturated carbocycles. The molecule has 0 radical (unpaired) electrons. The molecular formula is C34H38ClFN6O6. The average molecular weight is 681 g/mol. The Morgan fingerprint density at radius 1 is 1.31 bits per heavy atom. The number of fused-ring (bicyclic) bond motifs is 1. The van der Waals surface area contributed by atoms with Crippen LogP contribution in [0, 0.1) is 5.92 Å². The number of nitrogens with zero attached hydrogens (tertiary/aromatic N) is 3. The first kappa shape index (κ1) is 33.4. The van der Waals surface area contributed by atoms with Gasteiger partial charge in [0.25, 0.3) is 5.91 Å². The molecule has 0 unspecified atom stereocenters. The van der Waals surface area contributed by atoms with Crippen molar-refractivity contribution in [3.63, 3.8) is 0 Å². The second kappa shape index (κ2) is 12.2. The number of nitrogens with two attached hydrogens (primary N) is 2. The first-order valence-corrected chi connectivity index (χ1v) is 16.1. The van der Waals surface area contributed by atoms with E-state index in [4.69, 9.17) is 42.3 Å². The Labute approximate surface area is 282 Å². The SMILES string of the molecule is COc1nccc(-c2nc([C@@](O)(CNC(=O)c3cc(/C=N/C4(F)CC4)c(N)c(OC4CC4)c3)C(C)C)cc3c2OC[C@]3(C)C(N)=O)c1Cl. The summed E-state index contributed by atoms with van der Waals surface area (Å²) in [6.45, 7) is 4.87. The smallest absolute Gasteiger partial charge is 0.251 e. The summed E-state index contributed by atoms with van der Waals surface area (Å²) in [6.07, 6.45) is 5.18. The number of hydrogen-bond donors (Lipinski definition) is 4. The van der Waals surface area contributed by atoms with E-state index in [0.29, 0.717) is 35.3 Å². The van der Waals surface area contributed by atoms with E-state index in [1.165, 1.54) is 31.7 Å². The van der Waals surface area contributed by atoms with Crippen molar-refractivity contribution < 1.29 is 33.3 Å². The molecule has 2 atom stereocenters. The predicted molar refractivity (Wildman–Crippen MR) is 177 cm³/mol. The molecule has 1 aliphatic heterocycles. The molecule has 12 nitrogen and oxygen atoms in total. The molecule has 2 fully saturated rings. The summed E-state index contributed by atoms with van der Waals surface area (Å²) >= 11 is 6.66. The molecule has 3 aromatic rings. The van der Waals surface area contributed by atoms with Crippen molar-refractivity contribution in [1.29, 1.82) is 0 Å². The Bertz CT molecular complexity index is 1830. The Hall–Kier alpha value is -4.49. The van der Waals surface area contributed by atoms with Crippen LogP contribution in [0.4, 0.5) is 10.1 Å². The monoisotopic (exact) mass is 680 g/mol. The van der Waals surface area contributed by atoms with Crippen molar-refractivity contribution >= 4 is 35.3 Å². The number of pyridine rings is 2. The van der Waals surface area contributed by atoms with Crippen LogP contribution in [-0.2, 0) is 15.8 Å². The quantitative estimate of drug-likeness (QED) is 0.124. The standard InChI is InChI=1S/C34H38ClFN6O6/c1-17(2)34(45,15-40-29(43)18-11-19(14-41-33(36)8-9-33)26(37)23(12-18)48-20-5-6-20)24-13-22-28(47-16-32(22,3)31(38)44)27(42-24)21-7-10-39-30(46-4)25(21)35/h7,10-14,17,20,45H,5-6,8-9,15-16,37H2,1-4H3,(H2,38,44)(H,40,43)/b41-14+/t32-,34+/m0/s1. The van der Waals surface area contributed by atoms with Crippen LogP contribution in [0.2, 0.25) is 5.02 Å². The lowest BCUT2D eigenvalue weighted by Crippen LogP contribution is -2.45. The Morgan fingerprint density at radius 2 is 2.04 bits per heavy atom. The summed E-state index contributed by atoms with van der Waals surface area (Å²) in [5, 5.41) is 15.3. The van der Waals surface area contributed by atoms with Gasteiger partial charge in [0.2, 0.25) is 11.8 Å². The molecule has 0 spiro atoms. The highest BCUT2D eigenvalue weighted by Crippen LogP contribution is 2.48. The summed E-state index contributed by atoms with van der Waals surface area (Å²) < 4.78 is 31.6. The number of methoxy groups -OCH3 is 1. The van der Waals surface area contributed by atoms with Crippen molar-refractivity contribution in [2.45, 2.75) is 69.4 Å². The molecule has 14 heteroatoms. The third kappa shape index (κ3) is 6.12. The number of carbonyl (C=O) groups excluding carboxylic acids is 2. The lowest BCUT2D eigenvalue weighted by molar-refractivity contribution is -0.123. The summed E-state index contributed by atoms with van der Waals surface area (Å²) in [7, 11) is 1.43. The van der Waals surface area contributed by atoms with E-state index in [1.807, 2.05) is 0 Å². The fraction of sp³-hybridized carbons (Fsp3) is 0.441. The van der Waals surface area contributed by atoms with Gasteiger partial charge >= 0.3 is 0 Å². The minimum atomic E-state index is -1.76. The Morgan fingerprint density at radius 3 is 2.67 bits per heavy atom. The maximum Gasteiger partial charge on any atom is 0.251 e. The number of benzene rings is 1. The van der Waals surface area contributed by atoms with Gasteiger partial charge in [-0.25, -0.2) is 14.4 Å². The van der Waals surface area contributed by atoms with Gasteiger partial charge in [0.05, 0.1) is 31.1 Å². The van der Waals surface area contributed by atoms with Crippen molar-refractivity contribution in [3.8, 4) is 28.6 Å². The number of alkyl halides is 1. The number of nitrogens with one attached hydrogen (secondary N) is 1. The van der Waals surface area contributed by atoms with E-state index in [9.17, 15) is 19.1 Å². The number of halogens is 2. The van der Waals surface area contributed by atoms with E-state index in [1.54, 1.807) is 32.9 Å². The largest absolute Gasteiger partial charge is 0.489 e. The minimum Gasteiger partial charge on any atom is -0.489 e. The topological polar surface area (TPSA) is 184 Å². The number of rotatable bonds is 12. The number of hydrogen-bond acceptors (Lipinski definition) is 10. The second-order valence-electron chi connectivity index (χ2n) is 13.1. The average Bonchev–Trinajstić information content (AvgIpc) is 3.99. The zero-order chi connectivity index (χ0) is 34.6. The van der Waals surface area contributed by atoms with Crippen LogP contribution in [0.1, 0.15) is 73.6 Å². The lowest BCUT2D eigenvalue weighted by atomic mass is 9.80. The summed E-state index contributed by atoms with van der Waals surface area (Å²) in [5.74, 6) is -2.55. The fourth-order valence-corrected chi connectivity index (χ4v) is 5.69. The molecule has 0 bridgehead atoms. The number of nitrogen functional groups attached to an aromatic ring is 1. The number of anilines is 1. The van der Waals surface area contributed by atoms with Gasteiger partial charge in [0, 0.05) is 47.5 Å². The summed E-state index contributed by atoms with van der Waals surface area (Å²) in [4.78, 5) is 39.4. The van der Waals surface area contributed by atoms with E-state index in [2.05, 4.69) is 15.3 Å². The molecule has 3 aliphatic rings. The fourth-order valence-electron chi connectivity index (χ4n) is 5.42. The van der Waals surface area contributed by atoms with Gasteiger partial charge in [-0.05, 0) is 49.9 Å². The van der Waals surface area contributed by atoms with Gasteiger partial charge in [0.1, 0.15) is 39.8 Å². The molecule has 6 N–H and O–H groups in total. The van der Waals surface area contributed by atoms with Gasteiger partial charge in [-0.1, -0.05) is 25.4 Å². The van der Waals surface area contributed by atoms with Gasteiger partial charge in [0.15, 0.2) is 5.79 Å². The highest BCUT2D eigenvalue weighted by molar-refractivity contribution is 6.34. The van der Waals surface area contributed by atoms with E-state index < -0.39 is 34.5 Å². The number of carbonyl (C=O) groups is 2. The van der Waals surface area contributed by atoms with Gasteiger partial charge < -0.3 is 36.1 Å². The first-order chi connectivity index (χ1) is 22.7. The first-order valence-electron chi connectivity index (χ1n) is 15.7. The molecule has 2 aliphatic carbocycles. The number of aromatic nitrogens is 2. The van der Waals surface area contributed by atoms with Crippen LogP contribution in [0.25, 0.3) is 11.3 Å². The molecule has 1 aromatic carbocycles. The second-order valence-corrected chi connectivity index (χ2v) is 13.5. The van der Waals surface area contributed by atoms with Crippen LogP contribution in [-0.4, -0.2) is 65.3 Å². The highest BCUT2D eigenvalue weighted by Gasteiger charge is 2.46. The van der Waals surface area contributed by atoms with E-state index in [0.717, 1.165) is 12.8 Å². The number of ether oxygens (including phenoxy) is 3. The molecule has 48 heavy (non-hydrogen) atoms. The number of aliphatic hydroxyl groups is 1. The van der Waals surface area contributed by atoms with Crippen LogP contribution in [0.15, 0.2) is 35.5 Å². The number of primary amides is 1. The molecular weight excluding hydrogens is 643 g/mol.